The summed E-state index contributed by atoms with van der Waals surface area (Å²) in [4.78, 5) is 14.0. The smallest absolute Gasteiger partial charge is 0.225 e. The topological polar surface area (TPSA) is 20.3 Å². The summed E-state index contributed by atoms with van der Waals surface area (Å²) in [6.45, 7) is 5.19. The van der Waals surface area contributed by atoms with Crippen molar-refractivity contribution < 1.29 is 4.79 Å². The van der Waals surface area contributed by atoms with E-state index in [1.165, 1.54) is 0 Å². The van der Waals surface area contributed by atoms with Crippen LogP contribution in [0.1, 0.15) is 39.5 Å². The Labute approximate surface area is 95.2 Å². The fourth-order valence-corrected chi connectivity index (χ4v) is 2.24. The first-order chi connectivity index (χ1) is 6.74. The monoisotopic (exact) mass is 261 g/mol. The van der Waals surface area contributed by atoms with E-state index >= 15 is 0 Å². The molecule has 0 aromatic rings. The zero-order chi connectivity index (χ0) is 10.6. The minimum atomic E-state index is 0.356. The van der Waals surface area contributed by atoms with Crippen LogP contribution in [0.5, 0.6) is 0 Å². The molecule has 1 fully saturated rings. The molecule has 2 nitrogen and oxygen atoms in total. The highest BCUT2D eigenvalue weighted by Crippen LogP contribution is 2.32. The third kappa shape index (κ3) is 2.97. The second kappa shape index (κ2) is 5.74. The lowest BCUT2D eigenvalue weighted by Crippen LogP contribution is -2.41. The summed E-state index contributed by atoms with van der Waals surface area (Å²) in [6, 6.07) is 0.445. The zero-order valence-electron chi connectivity index (χ0n) is 9.13. The van der Waals surface area contributed by atoms with Crippen molar-refractivity contribution in [3.8, 4) is 0 Å². The molecule has 1 rings (SSSR count). The van der Waals surface area contributed by atoms with Gasteiger partial charge in [-0.2, -0.15) is 0 Å². The Hall–Kier alpha value is -0.0500. The molecule has 0 spiro atoms. The van der Waals surface area contributed by atoms with Crippen LogP contribution in [0.2, 0.25) is 0 Å². The zero-order valence-corrected chi connectivity index (χ0v) is 10.7. The van der Waals surface area contributed by atoms with Gasteiger partial charge >= 0.3 is 0 Å². The van der Waals surface area contributed by atoms with Gasteiger partial charge in [-0.05, 0) is 25.7 Å². The molecular formula is C11H20BrNO. The van der Waals surface area contributed by atoms with E-state index in [0.717, 1.165) is 37.6 Å². The van der Waals surface area contributed by atoms with E-state index in [9.17, 15) is 4.79 Å². The summed E-state index contributed by atoms with van der Waals surface area (Å²) in [6.07, 6.45) is 4.36. The van der Waals surface area contributed by atoms with Gasteiger partial charge in [0, 0.05) is 23.8 Å². The maximum absolute atomic E-state index is 12.0. The number of rotatable bonds is 6. The molecule has 0 aromatic heterocycles. The van der Waals surface area contributed by atoms with Crippen LogP contribution in [0.25, 0.3) is 0 Å². The van der Waals surface area contributed by atoms with Gasteiger partial charge in [0.2, 0.25) is 5.91 Å². The van der Waals surface area contributed by atoms with Crippen LogP contribution in [-0.4, -0.2) is 28.7 Å². The van der Waals surface area contributed by atoms with Gasteiger partial charge in [0.05, 0.1) is 0 Å². The molecule has 0 aliphatic heterocycles. The number of hydrogen-bond acceptors (Lipinski definition) is 1. The van der Waals surface area contributed by atoms with E-state index in [1.807, 2.05) is 0 Å². The van der Waals surface area contributed by atoms with Crippen molar-refractivity contribution in [1.82, 2.24) is 4.90 Å². The molecule has 0 aromatic carbocycles. The molecule has 1 aliphatic rings. The Morgan fingerprint density at radius 1 is 1.43 bits per heavy atom. The molecule has 0 radical (unpaired) electrons. The van der Waals surface area contributed by atoms with Crippen LogP contribution in [0.4, 0.5) is 0 Å². The highest BCUT2D eigenvalue weighted by Gasteiger charge is 2.34. The van der Waals surface area contributed by atoms with E-state index in [2.05, 4.69) is 34.7 Å². The van der Waals surface area contributed by atoms with Crippen molar-refractivity contribution in [2.75, 3.05) is 11.9 Å². The van der Waals surface area contributed by atoms with Crippen LogP contribution in [-0.2, 0) is 4.79 Å². The van der Waals surface area contributed by atoms with Gasteiger partial charge in [-0.3, -0.25) is 4.79 Å². The molecule has 0 heterocycles. The minimum Gasteiger partial charge on any atom is -0.339 e. The Morgan fingerprint density at radius 3 is 2.36 bits per heavy atom. The van der Waals surface area contributed by atoms with Crippen molar-refractivity contribution in [3.05, 3.63) is 0 Å². The van der Waals surface area contributed by atoms with E-state index in [-0.39, 0.29) is 0 Å². The summed E-state index contributed by atoms with van der Waals surface area (Å²) in [5.41, 5.74) is 0. The predicted octanol–water partition coefficient (Wildman–Crippen LogP) is 2.81. The highest BCUT2D eigenvalue weighted by molar-refractivity contribution is 9.09. The van der Waals surface area contributed by atoms with E-state index in [1.54, 1.807) is 0 Å². The van der Waals surface area contributed by atoms with Crippen LogP contribution in [0, 0.1) is 5.92 Å². The first-order valence-electron chi connectivity index (χ1n) is 5.61. The number of halogens is 1. The molecule has 3 heteroatoms. The molecular weight excluding hydrogens is 242 g/mol. The Morgan fingerprint density at radius 2 is 2.00 bits per heavy atom. The van der Waals surface area contributed by atoms with Gasteiger partial charge in [0.15, 0.2) is 0 Å². The maximum Gasteiger partial charge on any atom is 0.225 e. The molecule has 0 bridgehead atoms. The number of hydrogen-bond donors (Lipinski definition) is 0. The molecule has 0 unspecified atom stereocenters. The van der Waals surface area contributed by atoms with Gasteiger partial charge in [0.1, 0.15) is 0 Å². The SMILES string of the molecule is CCC(CC)N(CCBr)C(=O)C1CC1. The van der Waals surface area contributed by atoms with E-state index < -0.39 is 0 Å². The van der Waals surface area contributed by atoms with Gasteiger partial charge < -0.3 is 4.90 Å². The Kier molecular flexibility index (Phi) is 4.93. The van der Waals surface area contributed by atoms with E-state index in [4.69, 9.17) is 0 Å². The van der Waals surface area contributed by atoms with Crippen LogP contribution in [0.15, 0.2) is 0 Å². The molecule has 1 aliphatic carbocycles. The van der Waals surface area contributed by atoms with Crippen molar-refractivity contribution in [3.63, 3.8) is 0 Å². The standard InChI is InChI=1S/C11H20BrNO/c1-3-10(4-2)13(8-7-12)11(14)9-5-6-9/h9-10H,3-8H2,1-2H3. The normalized spacial score (nSPS) is 16.0. The average molecular weight is 262 g/mol. The lowest BCUT2D eigenvalue weighted by atomic mass is 10.1. The van der Waals surface area contributed by atoms with Gasteiger partial charge in [0.25, 0.3) is 0 Å². The summed E-state index contributed by atoms with van der Waals surface area (Å²) >= 11 is 3.42. The van der Waals surface area contributed by atoms with Crippen LogP contribution >= 0.6 is 15.9 Å². The third-order valence-corrected chi connectivity index (χ3v) is 3.27. The van der Waals surface area contributed by atoms with Crippen molar-refractivity contribution >= 4 is 21.8 Å². The fraction of sp³-hybridized carbons (Fsp3) is 0.909. The Balaban J connectivity index is 2.55. The molecule has 14 heavy (non-hydrogen) atoms. The largest absolute Gasteiger partial charge is 0.339 e. The summed E-state index contributed by atoms with van der Waals surface area (Å²) in [7, 11) is 0. The molecule has 1 amide bonds. The summed E-state index contributed by atoms with van der Waals surface area (Å²) < 4.78 is 0. The number of carbonyl (C=O) groups is 1. The van der Waals surface area contributed by atoms with Crippen LogP contribution in [0.3, 0.4) is 0 Å². The molecule has 82 valence electrons. The second-order valence-electron chi connectivity index (χ2n) is 3.97. The second-order valence-corrected chi connectivity index (χ2v) is 4.76. The number of alkyl halides is 1. The van der Waals surface area contributed by atoms with Gasteiger partial charge in [-0.15, -0.1) is 0 Å². The van der Waals surface area contributed by atoms with E-state index in [0.29, 0.717) is 17.9 Å². The summed E-state index contributed by atoms with van der Waals surface area (Å²) in [5, 5.41) is 0.891. The van der Waals surface area contributed by atoms with Crippen molar-refractivity contribution in [2.45, 2.75) is 45.6 Å². The van der Waals surface area contributed by atoms with Crippen LogP contribution < -0.4 is 0 Å². The molecule has 1 saturated carbocycles. The predicted molar refractivity (Wildman–Crippen MR) is 62.6 cm³/mol. The number of nitrogens with zero attached hydrogens (tertiary/aromatic N) is 1. The van der Waals surface area contributed by atoms with Gasteiger partial charge in [-0.25, -0.2) is 0 Å². The first kappa shape index (κ1) is 12.0. The third-order valence-electron chi connectivity index (χ3n) is 2.92. The summed E-state index contributed by atoms with van der Waals surface area (Å²) in [5.74, 6) is 0.743. The lowest BCUT2D eigenvalue weighted by molar-refractivity contribution is -0.134. The minimum absolute atomic E-state index is 0.356. The highest BCUT2D eigenvalue weighted by atomic mass is 79.9. The van der Waals surface area contributed by atoms with Gasteiger partial charge in [-0.1, -0.05) is 29.8 Å². The number of amides is 1. The van der Waals surface area contributed by atoms with Crippen molar-refractivity contribution in [2.24, 2.45) is 5.92 Å². The first-order valence-corrected chi connectivity index (χ1v) is 6.73. The number of carbonyl (C=O) groups excluding carboxylic acids is 1. The average Bonchev–Trinajstić information content (AvgIpc) is 3.00. The lowest BCUT2D eigenvalue weighted by Gasteiger charge is -2.30. The molecule has 0 atom stereocenters. The molecule has 0 N–H and O–H groups in total. The van der Waals surface area contributed by atoms with Crippen molar-refractivity contribution in [1.29, 1.82) is 0 Å². The quantitative estimate of drug-likeness (QED) is 0.674. The Bertz CT molecular complexity index is 188. The fourth-order valence-electron chi connectivity index (χ4n) is 1.86. The molecule has 0 saturated heterocycles. The maximum atomic E-state index is 12.0.